The lowest BCUT2D eigenvalue weighted by atomic mass is 10.0. The van der Waals surface area contributed by atoms with Crippen molar-refractivity contribution in [2.75, 3.05) is 13.7 Å². The number of ether oxygens (including phenoxy) is 1. The molecule has 1 heterocycles. The molecule has 0 fully saturated rings. The van der Waals surface area contributed by atoms with Gasteiger partial charge in [-0.2, -0.15) is 0 Å². The summed E-state index contributed by atoms with van der Waals surface area (Å²) in [6.45, 7) is 5.47. The van der Waals surface area contributed by atoms with Gasteiger partial charge in [0.1, 0.15) is 17.1 Å². The molecule has 0 radical (unpaired) electrons. The number of carbonyl (C=O) groups excluding carboxylic acids is 1. The number of aliphatic hydroxyl groups is 1. The highest BCUT2D eigenvalue weighted by molar-refractivity contribution is 5.74. The van der Waals surface area contributed by atoms with Crippen molar-refractivity contribution < 1.29 is 19.1 Å². The van der Waals surface area contributed by atoms with Crippen LogP contribution in [0.2, 0.25) is 0 Å². The van der Waals surface area contributed by atoms with E-state index in [0.29, 0.717) is 5.76 Å². The predicted molar refractivity (Wildman–Crippen MR) is 91.0 cm³/mol. The van der Waals surface area contributed by atoms with E-state index in [2.05, 4.69) is 10.6 Å². The van der Waals surface area contributed by atoms with E-state index >= 15 is 0 Å². The van der Waals surface area contributed by atoms with Crippen LogP contribution in [-0.4, -0.2) is 24.8 Å². The summed E-state index contributed by atoms with van der Waals surface area (Å²) in [6, 6.07) is 8.54. The molecule has 6 heteroatoms. The molecule has 0 saturated carbocycles. The minimum Gasteiger partial charge on any atom is -0.496 e. The summed E-state index contributed by atoms with van der Waals surface area (Å²) in [5.74, 6) is 1.12. The van der Waals surface area contributed by atoms with Gasteiger partial charge in [-0.3, -0.25) is 0 Å². The molecule has 1 aromatic heterocycles. The van der Waals surface area contributed by atoms with Gasteiger partial charge in [0, 0.05) is 5.56 Å². The maximum Gasteiger partial charge on any atom is 0.315 e. The molecular formula is C18H24N2O4. The average Bonchev–Trinajstić information content (AvgIpc) is 3.08. The smallest absolute Gasteiger partial charge is 0.315 e. The van der Waals surface area contributed by atoms with Crippen molar-refractivity contribution in [1.82, 2.24) is 10.6 Å². The standard InChI is InChI=1S/C18H24N2O4/c1-12-7-8-15(23-4)14(10-12)13(2)20-17(21)19-11-18(3,22)16-6-5-9-24-16/h5-10,13,22H,11H2,1-4H3,(H2,19,20,21)/t13-,18+/m1/s1. The first-order valence-electron chi connectivity index (χ1n) is 7.79. The summed E-state index contributed by atoms with van der Waals surface area (Å²) in [6.07, 6.45) is 1.48. The van der Waals surface area contributed by atoms with Crippen LogP contribution in [-0.2, 0) is 5.60 Å². The second-order valence-electron chi connectivity index (χ2n) is 6.05. The zero-order valence-electron chi connectivity index (χ0n) is 14.4. The zero-order chi connectivity index (χ0) is 17.7. The molecule has 0 spiro atoms. The van der Waals surface area contributed by atoms with E-state index in [4.69, 9.17) is 9.15 Å². The Labute approximate surface area is 141 Å². The Balaban J connectivity index is 1.96. The van der Waals surface area contributed by atoms with Crippen LogP contribution in [0.3, 0.4) is 0 Å². The van der Waals surface area contributed by atoms with Crippen molar-refractivity contribution in [3.05, 3.63) is 53.5 Å². The Bertz CT molecular complexity index is 680. The van der Waals surface area contributed by atoms with Gasteiger partial charge >= 0.3 is 6.03 Å². The fraction of sp³-hybridized carbons (Fsp3) is 0.389. The zero-order valence-corrected chi connectivity index (χ0v) is 14.4. The van der Waals surface area contributed by atoms with Gasteiger partial charge < -0.3 is 24.9 Å². The number of hydrogen-bond acceptors (Lipinski definition) is 4. The van der Waals surface area contributed by atoms with E-state index in [1.165, 1.54) is 6.26 Å². The average molecular weight is 332 g/mol. The maximum atomic E-state index is 12.1. The van der Waals surface area contributed by atoms with Gasteiger partial charge in [-0.05, 0) is 39.0 Å². The Morgan fingerprint density at radius 3 is 2.79 bits per heavy atom. The number of amides is 2. The molecule has 2 rings (SSSR count). The number of nitrogens with one attached hydrogen (secondary N) is 2. The van der Waals surface area contributed by atoms with Crippen LogP contribution in [0.4, 0.5) is 4.79 Å². The Morgan fingerprint density at radius 2 is 2.17 bits per heavy atom. The SMILES string of the molecule is COc1ccc(C)cc1[C@@H](C)NC(=O)NC[C@](C)(O)c1ccco1. The number of urea groups is 1. The maximum absolute atomic E-state index is 12.1. The van der Waals surface area contributed by atoms with E-state index in [9.17, 15) is 9.90 Å². The Hall–Kier alpha value is -2.47. The summed E-state index contributed by atoms with van der Waals surface area (Å²) in [5, 5.41) is 15.8. The van der Waals surface area contributed by atoms with E-state index in [1.807, 2.05) is 32.0 Å². The number of hydrogen-bond donors (Lipinski definition) is 3. The van der Waals surface area contributed by atoms with Gasteiger partial charge in [-0.15, -0.1) is 0 Å². The molecule has 6 nitrogen and oxygen atoms in total. The number of methoxy groups -OCH3 is 1. The molecule has 0 aliphatic rings. The molecule has 3 N–H and O–H groups in total. The fourth-order valence-electron chi connectivity index (χ4n) is 2.44. The normalized spacial score (nSPS) is 14.5. The highest BCUT2D eigenvalue weighted by atomic mass is 16.5. The van der Waals surface area contributed by atoms with Gasteiger partial charge in [0.05, 0.1) is 26.0 Å². The fourth-order valence-corrected chi connectivity index (χ4v) is 2.44. The molecule has 2 atom stereocenters. The number of rotatable bonds is 6. The van der Waals surface area contributed by atoms with Gasteiger partial charge in [0.2, 0.25) is 0 Å². The van der Waals surface area contributed by atoms with Gasteiger partial charge in [-0.25, -0.2) is 4.79 Å². The molecule has 2 amide bonds. The van der Waals surface area contributed by atoms with Crippen molar-refractivity contribution >= 4 is 6.03 Å². The van der Waals surface area contributed by atoms with E-state index in [1.54, 1.807) is 26.2 Å². The van der Waals surface area contributed by atoms with Crippen molar-refractivity contribution in [3.63, 3.8) is 0 Å². The van der Waals surface area contributed by atoms with Crippen LogP contribution in [0.5, 0.6) is 5.75 Å². The monoisotopic (exact) mass is 332 g/mol. The molecule has 24 heavy (non-hydrogen) atoms. The molecule has 2 aromatic rings. The van der Waals surface area contributed by atoms with E-state index < -0.39 is 5.60 Å². The summed E-state index contributed by atoms with van der Waals surface area (Å²) < 4.78 is 10.5. The highest BCUT2D eigenvalue weighted by Crippen LogP contribution is 2.26. The molecule has 0 bridgehead atoms. The van der Waals surface area contributed by atoms with Crippen LogP contribution in [0, 0.1) is 6.92 Å². The number of aryl methyl sites for hydroxylation is 1. The predicted octanol–water partition coefficient (Wildman–Crippen LogP) is 2.86. The van der Waals surface area contributed by atoms with Crippen molar-refractivity contribution in [3.8, 4) is 5.75 Å². The lowest BCUT2D eigenvalue weighted by Gasteiger charge is -2.23. The lowest BCUT2D eigenvalue weighted by Crippen LogP contribution is -2.44. The van der Waals surface area contributed by atoms with Gasteiger partial charge in [0.25, 0.3) is 0 Å². The quantitative estimate of drug-likeness (QED) is 0.759. The van der Waals surface area contributed by atoms with Crippen molar-refractivity contribution in [1.29, 1.82) is 0 Å². The molecule has 0 saturated heterocycles. The summed E-state index contributed by atoms with van der Waals surface area (Å²) >= 11 is 0. The molecule has 0 aliphatic heterocycles. The van der Waals surface area contributed by atoms with Gasteiger partial charge in [0.15, 0.2) is 0 Å². The molecule has 1 aromatic carbocycles. The van der Waals surface area contributed by atoms with E-state index in [-0.39, 0.29) is 18.6 Å². The minimum atomic E-state index is -1.27. The Kier molecular flexibility index (Phi) is 5.51. The summed E-state index contributed by atoms with van der Waals surface area (Å²) in [5.41, 5.74) is 0.705. The minimum absolute atomic E-state index is 0.0318. The third-order valence-electron chi connectivity index (χ3n) is 3.84. The van der Waals surface area contributed by atoms with Crippen molar-refractivity contribution in [2.24, 2.45) is 0 Å². The molecule has 0 unspecified atom stereocenters. The van der Waals surface area contributed by atoms with Crippen LogP contribution in [0.1, 0.15) is 36.8 Å². The van der Waals surface area contributed by atoms with Crippen molar-refractivity contribution in [2.45, 2.75) is 32.4 Å². The second kappa shape index (κ2) is 7.40. The summed E-state index contributed by atoms with van der Waals surface area (Å²) in [4.78, 5) is 12.1. The topological polar surface area (TPSA) is 83.7 Å². The van der Waals surface area contributed by atoms with Crippen LogP contribution in [0.15, 0.2) is 41.0 Å². The second-order valence-corrected chi connectivity index (χ2v) is 6.05. The molecule has 0 aliphatic carbocycles. The first-order valence-corrected chi connectivity index (χ1v) is 7.79. The third kappa shape index (κ3) is 4.29. The first kappa shape index (κ1) is 17.9. The highest BCUT2D eigenvalue weighted by Gasteiger charge is 2.27. The van der Waals surface area contributed by atoms with Crippen LogP contribution in [0.25, 0.3) is 0 Å². The molecule has 130 valence electrons. The molecular weight excluding hydrogens is 308 g/mol. The van der Waals surface area contributed by atoms with Crippen LogP contribution >= 0.6 is 0 Å². The first-order chi connectivity index (χ1) is 11.3. The number of carbonyl (C=O) groups is 1. The largest absolute Gasteiger partial charge is 0.496 e. The third-order valence-corrected chi connectivity index (χ3v) is 3.84. The lowest BCUT2D eigenvalue weighted by molar-refractivity contribution is 0.0366. The number of furan rings is 1. The van der Waals surface area contributed by atoms with Gasteiger partial charge in [-0.1, -0.05) is 17.7 Å². The Morgan fingerprint density at radius 1 is 1.42 bits per heavy atom. The summed E-state index contributed by atoms with van der Waals surface area (Å²) in [7, 11) is 1.60. The van der Waals surface area contributed by atoms with Crippen LogP contribution < -0.4 is 15.4 Å². The number of benzene rings is 1. The van der Waals surface area contributed by atoms with E-state index in [0.717, 1.165) is 16.9 Å².